The van der Waals surface area contributed by atoms with Gasteiger partial charge in [-0.3, -0.25) is 4.79 Å². The predicted octanol–water partition coefficient (Wildman–Crippen LogP) is 3.29. The molecule has 3 aromatic rings. The van der Waals surface area contributed by atoms with E-state index in [2.05, 4.69) is 10.3 Å². The van der Waals surface area contributed by atoms with Crippen molar-refractivity contribution in [1.82, 2.24) is 19.8 Å². The van der Waals surface area contributed by atoms with Gasteiger partial charge >= 0.3 is 0 Å². The summed E-state index contributed by atoms with van der Waals surface area (Å²) < 4.78 is 16.9. The van der Waals surface area contributed by atoms with Crippen molar-refractivity contribution in [3.05, 3.63) is 52.7 Å². The molecule has 1 unspecified atom stereocenters. The first-order valence-electron chi connectivity index (χ1n) is 8.24. The summed E-state index contributed by atoms with van der Waals surface area (Å²) in [4.78, 5) is 20.2. The number of aryl methyl sites for hydroxylation is 2. The van der Waals surface area contributed by atoms with E-state index in [1.165, 1.54) is 17.4 Å². The average molecular weight is 395 g/mol. The number of hydrogen-bond acceptors (Lipinski definition) is 4. The summed E-state index contributed by atoms with van der Waals surface area (Å²) in [6.45, 7) is 3.83. The maximum Gasteiger partial charge on any atom is 0.264 e. The van der Waals surface area contributed by atoms with Gasteiger partial charge in [0, 0.05) is 49.2 Å². The van der Waals surface area contributed by atoms with Crippen LogP contribution in [0.1, 0.15) is 27.1 Å². The van der Waals surface area contributed by atoms with Crippen LogP contribution in [0, 0.1) is 12.7 Å². The Morgan fingerprint density at radius 2 is 2.23 bits per heavy atom. The van der Waals surface area contributed by atoms with Gasteiger partial charge in [-0.1, -0.05) is 6.07 Å². The summed E-state index contributed by atoms with van der Waals surface area (Å²) in [6.07, 6.45) is 3.62. The van der Waals surface area contributed by atoms with Crippen molar-refractivity contribution in [2.75, 3.05) is 19.6 Å². The fourth-order valence-electron chi connectivity index (χ4n) is 3.46. The highest BCUT2D eigenvalue weighted by Crippen LogP contribution is 2.35. The molecule has 26 heavy (non-hydrogen) atoms. The molecule has 1 aromatic carbocycles. The van der Waals surface area contributed by atoms with Crippen molar-refractivity contribution in [2.45, 2.75) is 13.0 Å². The molecule has 0 bridgehead atoms. The average Bonchev–Trinajstić information content (AvgIpc) is 3.18. The monoisotopic (exact) mass is 394 g/mol. The fraction of sp³-hybridized carbons (Fsp3) is 0.333. The highest BCUT2D eigenvalue weighted by atomic mass is 35.5. The van der Waals surface area contributed by atoms with E-state index in [-0.39, 0.29) is 30.2 Å². The first-order chi connectivity index (χ1) is 12.1. The first kappa shape index (κ1) is 18.8. The van der Waals surface area contributed by atoms with Gasteiger partial charge in [-0.15, -0.1) is 23.7 Å². The normalized spacial score (nSPS) is 17.3. The largest absolute Gasteiger partial charge is 0.336 e. The molecule has 0 saturated carbocycles. The van der Waals surface area contributed by atoms with E-state index in [0.29, 0.717) is 23.4 Å². The fourth-order valence-corrected chi connectivity index (χ4v) is 4.64. The molecule has 1 aliphatic rings. The van der Waals surface area contributed by atoms with Gasteiger partial charge in [0.15, 0.2) is 0 Å². The number of carbonyl (C=O) groups is 1. The summed E-state index contributed by atoms with van der Waals surface area (Å²) in [5, 5.41) is 3.89. The molecule has 0 radical (unpaired) electrons. The quantitative estimate of drug-likeness (QED) is 0.725. The molecule has 8 heteroatoms. The number of piperazine rings is 1. The minimum atomic E-state index is -0.272. The van der Waals surface area contributed by atoms with E-state index in [4.69, 9.17) is 0 Å². The number of imidazole rings is 1. The summed E-state index contributed by atoms with van der Waals surface area (Å²) in [6, 6.07) is 4.86. The molecule has 0 spiro atoms. The smallest absolute Gasteiger partial charge is 0.264 e. The predicted molar refractivity (Wildman–Crippen MR) is 104 cm³/mol. The van der Waals surface area contributed by atoms with Gasteiger partial charge in [0.05, 0.1) is 4.88 Å². The second kappa shape index (κ2) is 7.34. The topological polar surface area (TPSA) is 50.2 Å². The molecular weight excluding hydrogens is 375 g/mol. The number of carbonyl (C=O) groups excluding carboxylic acids is 1. The number of aromatic nitrogens is 2. The second-order valence-electron chi connectivity index (χ2n) is 6.28. The summed E-state index contributed by atoms with van der Waals surface area (Å²) in [5.74, 6) is 0.532. The highest BCUT2D eigenvalue weighted by molar-refractivity contribution is 7.21. The lowest BCUT2D eigenvalue weighted by Crippen LogP contribution is -2.49. The lowest BCUT2D eigenvalue weighted by Gasteiger charge is -2.35. The zero-order valence-electron chi connectivity index (χ0n) is 14.5. The number of nitrogens with one attached hydrogen (secondary N) is 1. The lowest BCUT2D eigenvalue weighted by molar-refractivity contribution is 0.0625. The van der Waals surface area contributed by atoms with Crippen LogP contribution in [0.2, 0.25) is 0 Å². The maximum atomic E-state index is 14.2. The molecule has 1 saturated heterocycles. The molecule has 3 heterocycles. The van der Waals surface area contributed by atoms with Crippen molar-refractivity contribution in [1.29, 1.82) is 0 Å². The van der Waals surface area contributed by atoms with Crippen LogP contribution in [-0.4, -0.2) is 40.0 Å². The second-order valence-corrected chi connectivity index (χ2v) is 7.34. The molecule has 0 aliphatic carbocycles. The molecule has 138 valence electrons. The van der Waals surface area contributed by atoms with Crippen molar-refractivity contribution in [3.63, 3.8) is 0 Å². The molecule has 5 nitrogen and oxygen atoms in total. The van der Waals surface area contributed by atoms with Crippen molar-refractivity contribution >= 4 is 39.7 Å². The third-order valence-electron chi connectivity index (χ3n) is 4.76. The number of thiophene rings is 1. The molecular formula is C18H20ClFN4OS. The van der Waals surface area contributed by atoms with Gasteiger partial charge < -0.3 is 14.8 Å². The zero-order chi connectivity index (χ0) is 17.6. The number of amides is 1. The van der Waals surface area contributed by atoms with Gasteiger partial charge in [0.1, 0.15) is 17.7 Å². The zero-order valence-corrected chi connectivity index (χ0v) is 16.2. The third-order valence-corrected chi connectivity index (χ3v) is 6.00. The Hall–Kier alpha value is -1.96. The van der Waals surface area contributed by atoms with Crippen LogP contribution < -0.4 is 5.32 Å². The van der Waals surface area contributed by atoms with E-state index in [1.54, 1.807) is 12.3 Å². The molecule has 1 fully saturated rings. The first-order valence-corrected chi connectivity index (χ1v) is 9.06. The van der Waals surface area contributed by atoms with Gasteiger partial charge in [0.2, 0.25) is 0 Å². The maximum absolute atomic E-state index is 14.2. The van der Waals surface area contributed by atoms with Gasteiger partial charge in [0.25, 0.3) is 5.91 Å². The Morgan fingerprint density at radius 1 is 1.42 bits per heavy atom. The van der Waals surface area contributed by atoms with Crippen LogP contribution in [0.25, 0.3) is 10.1 Å². The van der Waals surface area contributed by atoms with E-state index in [0.717, 1.165) is 22.6 Å². The molecule has 1 N–H and O–H groups in total. The van der Waals surface area contributed by atoms with E-state index < -0.39 is 0 Å². The van der Waals surface area contributed by atoms with Gasteiger partial charge in [-0.05, 0) is 24.6 Å². The summed E-state index contributed by atoms with van der Waals surface area (Å²) in [5.41, 5.74) is 0.722. The van der Waals surface area contributed by atoms with E-state index >= 15 is 0 Å². The Morgan fingerprint density at radius 3 is 2.92 bits per heavy atom. The number of benzene rings is 1. The van der Waals surface area contributed by atoms with Crippen LogP contribution in [0.4, 0.5) is 4.39 Å². The molecule has 1 aliphatic heterocycles. The Bertz CT molecular complexity index is 954. The SMILES string of the molecule is Cc1c(C(=O)N2CCNCC2c2nccn2C)sc2cccc(F)c12.Cl. The molecule has 1 atom stereocenters. The number of rotatable bonds is 2. The standard InChI is InChI=1S/C18H19FN4OS.ClH/c1-11-15-12(19)4-3-5-14(15)25-16(11)18(24)23-9-6-20-10-13(23)17-21-7-8-22(17)2;/h3-5,7-8,13,20H,6,9-10H2,1-2H3;1H. The van der Waals surface area contributed by atoms with Gasteiger partial charge in [-0.2, -0.15) is 0 Å². The van der Waals surface area contributed by atoms with Crippen LogP contribution in [0.15, 0.2) is 30.6 Å². The minimum Gasteiger partial charge on any atom is -0.336 e. The minimum absolute atomic E-state index is 0. The van der Waals surface area contributed by atoms with Crippen LogP contribution >= 0.6 is 23.7 Å². The molecule has 1 amide bonds. The highest BCUT2D eigenvalue weighted by Gasteiger charge is 2.33. The van der Waals surface area contributed by atoms with E-state index in [1.807, 2.05) is 35.7 Å². The van der Waals surface area contributed by atoms with Crippen molar-refractivity contribution in [2.24, 2.45) is 7.05 Å². The van der Waals surface area contributed by atoms with Gasteiger partial charge in [-0.25, -0.2) is 9.37 Å². The number of fused-ring (bicyclic) bond motifs is 1. The molecule has 2 aromatic heterocycles. The summed E-state index contributed by atoms with van der Waals surface area (Å²) >= 11 is 1.36. The molecule has 4 rings (SSSR count). The van der Waals surface area contributed by atoms with E-state index in [9.17, 15) is 9.18 Å². The van der Waals surface area contributed by atoms with Crippen LogP contribution in [0.5, 0.6) is 0 Å². The van der Waals surface area contributed by atoms with Crippen molar-refractivity contribution < 1.29 is 9.18 Å². The lowest BCUT2D eigenvalue weighted by atomic mass is 10.1. The Labute approximate surface area is 161 Å². The van der Waals surface area contributed by atoms with Crippen LogP contribution in [-0.2, 0) is 7.05 Å². The number of halogens is 2. The number of hydrogen-bond donors (Lipinski definition) is 1. The summed E-state index contributed by atoms with van der Waals surface area (Å²) in [7, 11) is 1.93. The Kier molecular flexibility index (Phi) is 5.32. The van der Waals surface area contributed by atoms with Crippen LogP contribution in [0.3, 0.4) is 0 Å². The third kappa shape index (κ3) is 3.00. The Balaban J connectivity index is 0.00000196. The number of nitrogens with zero attached hydrogens (tertiary/aromatic N) is 3. The van der Waals surface area contributed by atoms with Crippen molar-refractivity contribution in [3.8, 4) is 0 Å².